The van der Waals surface area contributed by atoms with Gasteiger partial charge in [-0.2, -0.15) is 0 Å². The molecule has 1 saturated heterocycles. The van der Waals surface area contributed by atoms with Crippen LogP contribution in [0.3, 0.4) is 0 Å². The van der Waals surface area contributed by atoms with E-state index in [4.69, 9.17) is 0 Å². The Morgan fingerprint density at radius 3 is 2.77 bits per heavy atom. The van der Waals surface area contributed by atoms with Crippen LogP contribution < -0.4 is 10.6 Å². The van der Waals surface area contributed by atoms with Crippen molar-refractivity contribution in [2.75, 3.05) is 19.6 Å². The first-order valence-electron chi connectivity index (χ1n) is 7.70. The van der Waals surface area contributed by atoms with Crippen molar-refractivity contribution in [3.63, 3.8) is 0 Å². The van der Waals surface area contributed by atoms with Crippen LogP contribution in [0.4, 0.5) is 4.79 Å². The number of nitrogens with one attached hydrogen (secondary N) is 2. The zero-order valence-electron chi connectivity index (χ0n) is 13.0. The average Bonchev–Trinajstić information content (AvgIpc) is 2.91. The van der Waals surface area contributed by atoms with Crippen LogP contribution in [0.5, 0.6) is 0 Å². The van der Waals surface area contributed by atoms with Gasteiger partial charge in [0, 0.05) is 32.3 Å². The highest BCUT2D eigenvalue weighted by molar-refractivity contribution is 5.78. The van der Waals surface area contributed by atoms with Gasteiger partial charge in [0.05, 0.1) is 0 Å². The highest BCUT2D eigenvalue weighted by atomic mass is 16.2. The smallest absolute Gasteiger partial charge is 0.318 e. The van der Waals surface area contributed by atoms with Gasteiger partial charge in [0.2, 0.25) is 5.91 Å². The molecule has 0 bridgehead atoms. The maximum absolute atomic E-state index is 11.6. The Morgan fingerprint density at radius 2 is 2.09 bits per heavy atom. The standard InChI is InChI=1S/C17H23N3O2/c1-14-5-7-15(8-6-14)9-11-19-17(22)18-10-3-13-20-12-2-4-16(20)21/h5-9,11H,2-4,10,12-13H2,1H3,(H2,18,19,22)/b11-9+. The SMILES string of the molecule is Cc1ccc(/C=C/NC(=O)NCCCN2CCCC2=O)cc1. The van der Waals surface area contributed by atoms with E-state index >= 15 is 0 Å². The summed E-state index contributed by atoms with van der Waals surface area (Å²) in [5, 5.41) is 5.45. The fourth-order valence-corrected chi connectivity index (χ4v) is 2.35. The Hall–Kier alpha value is -2.30. The summed E-state index contributed by atoms with van der Waals surface area (Å²) in [7, 11) is 0. The van der Waals surface area contributed by atoms with E-state index in [9.17, 15) is 9.59 Å². The van der Waals surface area contributed by atoms with Crippen molar-refractivity contribution >= 4 is 18.0 Å². The predicted molar refractivity (Wildman–Crippen MR) is 87.2 cm³/mol. The van der Waals surface area contributed by atoms with Gasteiger partial charge in [-0.1, -0.05) is 29.8 Å². The molecule has 0 aliphatic carbocycles. The summed E-state index contributed by atoms with van der Waals surface area (Å²) in [6, 6.07) is 7.83. The fraction of sp³-hybridized carbons (Fsp3) is 0.412. The number of benzene rings is 1. The van der Waals surface area contributed by atoms with E-state index in [1.165, 1.54) is 5.56 Å². The summed E-state index contributed by atoms with van der Waals surface area (Å²) >= 11 is 0. The van der Waals surface area contributed by atoms with Crippen LogP contribution in [0, 0.1) is 6.92 Å². The monoisotopic (exact) mass is 301 g/mol. The Bertz CT molecular complexity index is 537. The number of urea groups is 1. The van der Waals surface area contributed by atoms with Gasteiger partial charge in [-0.3, -0.25) is 4.79 Å². The Morgan fingerprint density at radius 1 is 1.32 bits per heavy atom. The minimum Gasteiger partial charge on any atom is -0.343 e. The molecule has 0 unspecified atom stereocenters. The summed E-state index contributed by atoms with van der Waals surface area (Å²) in [5.41, 5.74) is 2.25. The second kappa shape index (κ2) is 8.22. The van der Waals surface area contributed by atoms with E-state index in [0.717, 1.165) is 31.5 Å². The molecule has 22 heavy (non-hydrogen) atoms. The van der Waals surface area contributed by atoms with Crippen LogP contribution in [0.1, 0.15) is 30.4 Å². The van der Waals surface area contributed by atoms with Crippen LogP contribution in [0.25, 0.3) is 6.08 Å². The third-order valence-electron chi connectivity index (χ3n) is 3.63. The van der Waals surface area contributed by atoms with Gasteiger partial charge in [0.15, 0.2) is 0 Å². The molecule has 5 heteroatoms. The quantitative estimate of drug-likeness (QED) is 0.792. The van der Waals surface area contributed by atoms with Gasteiger partial charge < -0.3 is 15.5 Å². The first kappa shape index (κ1) is 16.1. The van der Waals surface area contributed by atoms with Crippen LogP contribution in [0.15, 0.2) is 30.5 Å². The molecule has 0 atom stereocenters. The molecule has 118 valence electrons. The largest absolute Gasteiger partial charge is 0.343 e. The second-order valence-corrected chi connectivity index (χ2v) is 5.48. The van der Waals surface area contributed by atoms with Gasteiger partial charge in [0.25, 0.3) is 0 Å². The molecule has 0 aromatic heterocycles. The third-order valence-corrected chi connectivity index (χ3v) is 3.63. The lowest BCUT2D eigenvalue weighted by Crippen LogP contribution is -2.35. The predicted octanol–water partition coefficient (Wildman–Crippen LogP) is 2.28. The van der Waals surface area contributed by atoms with Crippen LogP contribution >= 0.6 is 0 Å². The van der Waals surface area contributed by atoms with Gasteiger partial charge in [-0.05, 0) is 31.4 Å². The van der Waals surface area contributed by atoms with E-state index in [1.54, 1.807) is 6.20 Å². The highest BCUT2D eigenvalue weighted by Crippen LogP contribution is 2.09. The molecule has 1 aromatic carbocycles. The van der Waals surface area contributed by atoms with Crippen molar-refractivity contribution in [3.8, 4) is 0 Å². The van der Waals surface area contributed by atoms with Crippen LogP contribution in [-0.2, 0) is 4.79 Å². The van der Waals surface area contributed by atoms with Crippen molar-refractivity contribution in [2.45, 2.75) is 26.2 Å². The number of likely N-dealkylation sites (tertiary alicyclic amines) is 1. The summed E-state index contributed by atoms with van der Waals surface area (Å²) in [5.74, 6) is 0.227. The number of amides is 3. The van der Waals surface area contributed by atoms with Crippen LogP contribution in [-0.4, -0.2) is 36.5 Å². The van der Waals surface area contributed by atoms with Gasteiger partial charge in [-0.25, -0.2) is 4.79 Å². The molecule has 3 amide bonds. The molecule has 1 aliphatic heterocycles. The lowest BCUT2D eigenvalue weighted by atomic mass is 10.1. The molecule has 0 saturated carbocycles. The molecular weight excluding hydrogens is 278 g/mol. The number of rotatable bonds is 6. The number of carbonyl (C=O) groups is 2. The van der Waals surface area contributed by atoms with Crippen molar-refractivity contribution in [1.82, 2.24) is 15.5 Å². The zero-order valence-corrected chi connectivity index (χ0v) is 13.0. The number of hydrogen-bond donors (Lipinski definition) is 2. The molecule has 5 nitrogen and oxygen atoms in total. The number of nitrogens with zero attached hydrogens (tertiary/aromatic N) is 1. The molecule has 1 fully saturated rings. The summed E-state index contributed by atoms with van der Waals surface area (Å²) in [4.78, 5) is 24.9. The summed E-state index contributed by atoms with van der Waals surface area (Å²) in [6.07, 6.45) is 5.88. The van der Waals surface area contributed by atoms with E-state index in [-0.39, 0.29) is 11.9 Å². The van der Waals surface area contributed by atoms with Gasteiger partial charge in [0.1, 0.15) is 0 Å². The molecule has 2 rings (SSSR count). The Labute approximate surface area is 131 Å². The third kappa shape index (κ3) is 5.24. The van der Waals surface area contributed by atoms with Crippen LogP contribution in [0.2, 0.25) is 0 Å². The maximum atomic E-state index is 11.6. The zero-order chi connectivity index (χ0) is 15.8. The number of carbonyl (C=O) groups excluding carboxylic acids is 2. The Balaban J connectivity index is 1.59. The summed E-state index contributed by atoms with van der Waals surface area (Å²) in [6.45, 7) is 4.17. The van der Waals surface area contributed by atoms with E-state index in [0.29, 0.717) is 13.0 Å². The lowest BCUT2D eigenvalue weighted by molar-refractivity contribution is -0.127. The minimum absolute atomic E-state index is 0.226. The fourth-order valence-electron chi connectivity index (χ4n) is 2.35. The Kier molecular flexibility index (Phi) is 6.01. The number of aryl methyl sites for hydroxylation is 1. The minimum atomic E-state index is -0.226. The molecule has 1 aromatic rings. The first-order valence-corrected chi connectivity index (χ1v) is 7.70. The van der Waals surface area contributed by atoms with E-state index in [2.05, 4.69) is 10.6 Å². The maximum Gasteiger partial charge on any atom is 0.318 e. The van der Waals surface area contributed by atoms with Gasteiger partial charge in [-0.15, -0.1) is 0 Å². The first-order chi connectivity index (χ1) is 10.6. The topological polar surface area (TPSA) is 61.4 Å². The molecule has 1 aliphatic rings. The van der Waals surface area contributed by atoms with E-state index in [1.807, 2.05) is 42.2 Å². The number of hydrogen-bond acceptors (Lipinski definition) is 2. The molecule has 0 spiro atoms. The second-order valence-electron chi connectivity index (χ2n) is 5.48. The van der Waals surface area contributed by atoms with Crippen molar-refractivity contribution < 1.29 is 9.59 Å². The molecule has 1 heterocycles. The van der Waals surface area contributed by atoms with Gasteiger partial charge >= 0.3 is 6.03 Å². The van der Waals surface area contributed by atoms with E-state index < -0.39 is 0 Å². The molecular formula is C17H23N3O2. The normalized spacial score (nSPS) is 14.6. The highest BCUT2D eigenvalue weighted by Gasteiger charge is 2.18. The van der Waals surface area contributed by atoms with Crippen molar-refractivity contribution in [2.24, 2.45) is 0 Å². The van der Waals surface area contributed by atoms with Crippen molar-refractivity contribution in [1.29, 1.82) is 0 Å². The molecule has 2 N–H and O–H groups in total. The summed E-state index contributed by atoms with van der Waals surface area (Å²) < 4.78 is 0. The molecule has 0 radical (unpaired) electrons. The van der Waals surface area contributed by atoms with Crippen molar-refractivity contribution in [3.05, 3.63) is 41.6 Å². The lowest BCUT2D eigenvalue weighted by Gasteiger charge is -2.15. The average molecular weight is 301 g/mol.